The second-order valence-corrected chi connectivity index (χ2v) is 7.30. The summed E-state index contributed by atoms with van der Waals surface area (Å²) in [6.07, 6.45) is 4.41. The molecule has 140 valence electrons. The van der Waals surface area contributed by atoms with E-state index in [1.807, 2.05) is 18.2 Å². The molecule has 0 spiro atoms. The van der Waals surface area contributed by atoms with Gasteiger partial charge in [-0.1, -0.05) is 19.9 Å². The zero-order valence-electron chi connectivity index (χ0n) is 15.6. The van der Waals surface area contributed by atoms with E-state index in [1.54, 1.807) is 17.0 Å². The van der Waals surface area contributed by atoms with Crippen molar-refractivity contribution in [1.82, 2.24) is 24.1 Å². The van der Waals surface area contributed by atoms with Crippen LogP contribution < -0.4 is 11.4 Å². The number of nitrogens with two attached hydrogens (primary N) is 1. The monoisotopic (exact) mass is 364 g/mol. The van der Waals surface area contributed by atoms with Crippen molar-refractivity contribution >= 4 is 22.1 Å². The lowest BCUT2D eigenvalue weighted by molar-refractivity contribution is 0.507. The van der Waals surface area contributed by atoms with Crippen LogP contribution in [0, 0.1) is 5.92 Å². The third-order valence-electron chi connectivity index (χ3n) is 4.93. The number of H-pyrrole nitrogens is 1. The van der Waals surface area contributed by atoms with E-state index >= 15 is 0 Å². The zero-order chi connectivity index (χ0) is 19.0. The maximum absolute atomic E-state index is 12.5. The van der Waals surface area contributed by atoms with Gasteiger partial charge in [0.1, 0.15) is 5.82 Å². The Labute approximate surface area is 156 Å². The van der Waals surface area contributed by atoms with E-state index in [2.05, 4.69) is 34.4 Å². The summed E-state index contributed by atoms with van der Waals surface area (Å²) in [4.78, 5) is 24.2. The summed E-state index contributed by atoms with van der Waals surface area (Å²) in [5, 5.41) is 0. The Morgan fingerprint density at radius 2 is 2.04 bits per heavy atom. The summed E-state index contributed by atoms with van der Waals surface area (Å²) in [6.45, 7) is 6.18. The Kier molecular flexibility index (Phi) is 4.53. The molecule has 0 bridgehead atoms. The fraction of sp³-hybridized carbons (Fsp3) is 0.350. The highest BCUT2D eigenvalue weighted by Crippen LogP contribution is 2.21. The highest BCUT2D eigenvalue weighted by atomic mass is 16.1. The lowest BCUT2D eigenvalue weighted by Gasteiger charge is -2.11. The van der Waals surface area contributed by atoms with Gasteiger partial charge >= 0.3 is 5.69 Å². The van der Waals surface area contributed by atoms with Crippen LogP contribution in [0.3, 0.4) is 0 Å². The predicted octanol–water partition coefficient (Wildman–Crippen LogP) is 2.63. The van der Waals surface area contributed by atoms with E-state index < -0.39 is 0 Å². The molecule has 0 aliphatic carbocycles. The molecule has 4 rings (SSSR count). The lowest BCUT2D eigenvalue weighted by atomic mass is 10.1. The summed E-state index contributed by atoms with van der Waals surface area (Å²) >= 11 is 0. The number of nitrogens with zero attached hydrogens (tertiary/aromatic N) is 4. The van der Waals surface area contributed by atoms with Crippen LogP contribution in [0.5, 0.6) is 0 Å². The molecular formula is C20H24N6O. The van der Waals surface area contributed by atoms with E-state index in [0.29, 0.717) is 19.0 Å². The molecule has 1 aromatic carbocycles. The first-order valence-corrected chi connectivity index (χ1v) is 9.27. The molecule has 4 aromatic rings. The number of aromatic amines is 1. The van der Waals surface area contributed by atoms with E-state index in [0.717, 1.165) is 46.4 Å². The van der Waals surface area contributed by atoms with Gasteiger partial charge in [-0.3, -0.25) is 9.55 Å². The Hall–Kier alpha value is -2.93. The Morgan fingerprint density at radius 1 is 1.19 bits per heavy atom. The molecule has 0 aliphatic heterocycles. The van der Waals surface area contributed by atoms with Crippen LogP contribution in [0.25, 0.3) is 22.1 Å². The summed E-state index contributed by atoms with van der Waals surface area (Å²) < 4.78 is 3.94. The number of nitrogens with one attached hydrogen (secondary N) is 1. The number of rotatable bonds is 6. The van der Waals surface area contributed by atoms with Crippen LogP contribution in [0.15, 0.2) is 41.5 Å². The predicted molar refractivity (Wildman–Crippen MR) is 107 cm³/mol. The van der Waals surface area contributed by atoms with E-state index in [-0.39, 0.29) is 5.69 Å². The maximum Gasteiger partial charge on any atom is 0.326 e. The molecule has 0 fully saturated rings. The molecule has 27 heavy (non-hydrogen) atoms. The lowest BCUT2D eigenvalue weighted by Crippen LogP contribution is -2.20. The number of hydrogen-bond donors (Lipinski definition) is 2. The Balaban J connectivity index is 1.82. The largest absolute Gasteiger partial charge is 0.326 e. The molecule has 3 aromatic heterocycles. The first-order chi connectivity index (χ1) is 13.1. The van der Waals surface area contributed by atoms with Crippen LogP contribution in [-0.4, -0.2) is 24.1 Å². The molecule has 0 saturated carbocycles. The molecule has 7 heteroatoms. The van der Waals surface area contributed by atoms with Gasteiger partial charge in [-0.2, -0.15) is 0 Å². The number of imidazole rings is 2. The topological polar surface area (TPSA) is 94.5 Å². The van der Waals surface area contributed by atoms with Gasteiger partial charge in [0.2, 0.25) is 0 Å². The second-order valence-electron chi connectivity index (χ2n) is 7.30. The van der Waals surface area contributed by atoms with Gasteiger partial charge in [0.25, 0.3) is 0 Å². The first-order valence-electron chi connectivity index (χ1n) is 9.27. The van der Waals surface area contributed by atoms with Gasteiger partial charge in [-0.15, -0.1) is 0 Å². The summed E-state index contributed by atoms with van der Waals surface area (Å²) in [7, 11) is 0. The van der Waals surface area contributed by atoms with Crippen molar-refractivity contribution in [3.05, 3.63) is 58.5 Å². The number of pyridine rings is 1. The minimum Gasteiger partial charge on any atom is -0.326 e. The smallest absolute Gasteiger partial charge is 0.326 e. The maximum atomic E-state index is 12.5. The molecule has 0 amide bonds. The van der Waals surface area contributed by atoms with E-state index in [1.165, 1.54) is 0 Å². The normalized spacial score (nSPS) is 11.9. The van der Waals surface area contributed by atoms with Crippen molar-refractivity contribution in [2.24, 2.45) is 11.7 Å². The average molecular weight is 364 g/mol. The minimum absolute atomic E-state index is 0.150. The van der Waals surface area contributed by atoms with Crippen LogP contribution in [0.1, 0.15) is 31.7 Å². The minimum atomic E-state index is -0.150. The highest BCUT2D eigenvalue weighted by molar-refractivity contribution is 5.77. The molecule has 0 saturated heterocycles. The van der Waals surface area contributed by atoms with Gasteiger partial charge in [0, 0.05) is 19.3 Å². The Morgan fingerprint density at radius 3 is 2.81 bits per heavy atom. The van der Waals surface area contributed by atoms with Gasteiger partial charge in [-0.25, -0.2) is 9.78 Å². The molecule has 0 radical (unpaired) electrons. The van der Waals surface area contributed by atoms with Crippen molar-refractivity contribution in [2.45, 2.75) is 39.9 Å². The van der Waals surface area contributed by atoms with Crippen LogP contribution in [0.4, 0.5) is 0 Å². The summed E-state index contributed by atoms with van der Waals surface area (Å²) in [6, 6.07) is 8.01. The zero-order valence-corrected chi connectivity index (χ0v) is 15.6. The number of fused-ring (bicyclic) bond motifs is 2. The van der Waals surface area contributed by atoms with Crippen molar-refractivity contribution in [1.29, 1.82) is 0 Å². The summed E-state index contributed by atoms with van der Waals surface area (Å²) in [5.74, 6) is 1.46. The highest BCUT2D eigenvalue weighted by Gasteiger charge is 2.15. The van der Waals surface area contributed by atoms with Crippen molar-refractivity contribution in [2.75, 3.05) is 0 Å². The number of hydrogen-bond acceptors (Lipinski definition) is 4. The fourth-order valence-corrected chi connectivity index (χ4v) is 3.42. The van der Waals surface area contributed by atoms with Crippen LogP contribution in [0.2, 0.25) is 0 Å². The van der Waals surface area contributed by atoms with Crippen molar-refractivity contribution in [3.63, 3.8) is 0 Å². The SMILES string of the molecule is CC(C)CCn1c(Cn2c(=O)[nH]c3cnccc32)nc2cc(CN)ccc21. The molecule has 0 atom stereocenters. The summed E-state index contributed by atoms with van der Waals surface area (Å²) in [5.41, 5.74) is 10.3. The molecule has 7 nitrogen and oxygen atoms in total. The molecular weight excluding hydrogens is 340 g/mol. The standard InChI is InChI=1S/C20H24N6O/c1-13(2)6-8-25-17-4-3-14(10-21)9-15(17)23-19(25)12-26-18-5-7-22-11-16(18)24-20(26)27/h3-5,7,9,11,13H,6,8,10,12,21H2,1-2H3,(H,24,27). The van der Waals surface area contributed by atoms with Crippen LogP contribution >= 0.6 is 0 Å². The average Bonchev–Trinajstić information content (AvgIpc) is 3.16. The van der Waals surface area contributed by atoms with E-state index in [4.69, 9.17) is 10.7 Å². The van der Waals surface area contributed by atoms with Gasteiger partial charge in [0.15, 0.2) is 0 Å². The van der Waals surface area contributed by atoms with Gasteiger partial charge < -0.3 is 15.3 Å². The van der Waals surface area contributed by atoms with Crippen molar-refractivity contribution < 1.29 is 0 Å². The second kappa shape index (κ2) is 7.00. The number of aromatic nitrogens is 5. The quantitative estimate of drug-likeness (QED) is 0.550. The van der Waals surface area contributed by atoms with Gasteiger partial charge in [-0.05, 0) is 36.1 Å². The van der Waals surface area contributed by atoms with Gasteiger partial charge in [0.05, 0.1) is 34.8 Å². The Bertz CT molecular complexity index is 1150. The van der Waals surface area contributed by atoms with Crippen LogP contribution in [-0.2, 0) is 19.6 Å². The molecule has 0 aliphatic rings. The molecule has 0 unspecified atom stereocenters. The number of aryl methyl sites for hydroxylation is 1. The fourth-order valence-electron chi connectivity index (χ4n) is 3.42. The third-order valence-corrected chi connectivity index (χ3v) is 4.93. The first kappa shape index (κ1) is 17.5. The molecule has 3 heterocycles. The third kappa shape index (κ3) is 3.26. The molecule has 3 N–H and O–H groups in total. The van der Waals surface area contributed by atoms with Crippen molar-refractivity contribution in [3.8, 4) is 0 Å². The van der Waals surface area contributed by atoms with E-state index in [9.17, 15) is 4.79 Å². The number of benzene rings is 1.